The smallest absolute Gasteiger partial charge is 0.278 e. The third kappa shape index (κ3) is 3.51. The van der Waals surface area contributed by atoms with Crippen molar-refractivity contribution in [3.63, 3.8) is 0 Å². The van der Waals surface area contributed by atoms with Crippen molar-refractivity contribution in [2.75, 3.05) is 6.26 Å². The van der Waals surface area contributed by atoms with E-state index in [0.29, 0.717) is 25.9 Å². The first kappa shape index (κ1) is 20.2. The molecule has 0 aliphatic carbocycles. The number of aromatic nitrogens is 4. The molecule has 0 amide bonds. The van der Waals surface area contributed by atoms with Crippen LogP contribution in [0.15, 0.2) is 67.7 Å². The summed E-state index contributed by atoms with van der Waals surface area (Å²) in [5.41, 5.74) is 2.94. The highest BCUT2D eigenvalue weighted by Gasteiger charge is 2.22. The van der Waals surface area contributed by atoms with Gasteiger partial charge in [0.2, 0.25) is 0 Å². The number of nitrogens with zero attached hydrogens (tertiary/aromatic N) is 4. The van der Waals surface area contributed by atoms with Crippen LogP contribution in [-0.2, 0) is 0 Å². The van der Waals surface area contributed by atoms with Crippen LogP contribution in [0.5, 0.6) is 0 Å². The second-order valence-electron chi connectivity index (χ2n) is 6.44. The van der Waals surface area contributed by atoms with E-state index in [2.05, 4.69) is 15.0 Å². The fourth-order valence-electron chi connectivity index (χ4n) is 3.20. The van der Waals surface area contributed by atoms with Crippen LogP contribution in [0.4, 0.5) is 0 Å². The molecule has 3 heterocycles. The number of hydrogen-bond acceptors (Lipinski definition) is 7. The molecule has 0 unspecified atom stereocenters. The summed E-state index contributed by atoms with van der Waals surface area (Å²) < 4.78 is 2.35. The average Bonchev–Trinajstić information content (AvgIpc) is 3.35. The van der Waals surface area contributed by atoms with E-state index < -0.39 is 0 Å². The predicted molar refractivity (Wildman–Crippen MR) is 126 cm³/mol. The Morgan fingerprint density at radius 1 is 1.16 bits per heavy atom. The van der Waals surface area contributed by atoms with E-state index in [1.165, 1.54) is 39.3 Å². The molecule has 2 aromatic carbocycles. The Hall–Kier alpha value is -2.77. The number of rotatable bonds is 4. The zero-order valence-electron chi connectivity index (χ0n) is 15.9. The maximum absolute atomic E-state index is 13.2. The van der Waals surface area contributed by atoms with Gasteiger partial charge in [0.05, 0.1) is 20.9 Å². The van der Waals surface area contributed by atoms with Gasteiger partial charge in [0.15, 0.2) is 10.1 Å². The summed E-state index contributed by atoms with van der Waals surface area (Å²) in [7, 11) is 0. The number of halogens is 1. The maximum atomic E-state index is 13.2. The van der Waals surface area contributed by atoms with Crippen LogP contribution in [-0.4, -0.2) is 25.6 Å². The largest absolute Gasteiger partial charge is 0.333 e. The van der Waals surface area contributed by atoms with Gasteiger partial charge in [-0.2, -0.15) is 5.26 Å². The fourth-order valence-corrected chi connectivity index (χ4v) is 6.19. The Morgan fingerprint density at radius 3 is 2.65 bits per heavy atom. The predicted octanol–water partition coefficient (Wildman–Crippen LogP) is 5.70. The van der Waals surface area contributed by atoms with Crippen molar-refractivity contribution in [1.82, 2.24) is 19.4 Å². The normalized spacial score (nSPS) is 11.3. The molecular weight excluding hydrogens is 470 g/mol. The van der Waals surface area contributed by atoms with Crippen LogP contribution >= 0.6 is 46.5 Å². The minimum atomic E-state index is -0.380. The van der Waals surface area contributed by atoms with E-state index in [1.54, 1.807) is 18.4 Å². The van der Waals surface area contributed by atoms with Crippen molar-refractivity contribution < 1.29 is 0 Å². The molecule has 0 saturated heterocycles. The molecule has 0 saturated carbocycles. The van der Waals surface area contributed by atoms with Crippen LogP contribution in [0.1, 0.15) is 5.56 Å². The Bertz CT molecular complexity index is 1510. The number of imidazole rings is 1. The molecule has 31 heavy (non-hydrogen) atoms. The number of fused-ring (bicyclic) bond motifs is 2. The molecule has 10 heteroatoms. The van der Waals surface area contributed by atoms with Gasteiger partial charge in [0.25, 0.3) is 5.56 Å². The van der Waals surface area contributed by atoms with Crippen LogP contribution in [0, 0.1) is 11.3 Å². The molecule has 0 radical (unpaired) electrons. The van der Waals surface area contributed by atoms with Crippen molar-refractivity contribution in [3.8, 4) is 17.3 Å². The van der Waals surface area contributed by atoms with Crippen molar-refractivity contribution in [1.29, 1.82) is 5.26 Å². The lowest BCUT2D eigenvalue weighted by Crippen LogP contribution is -2.19. The zero-order valence-corrected chi connectivity index (χ0v) is 19.1. The Labute approximate surface area is 193 Å². The summed E-state index contributed by atoms with van der Waals surface area (Å²) in [6, 6.07) is 17.1. The molecule has 0 spiro atoms. The number of H-pyrrole nitrogens is 1. The van der Waals surface area contributed by atoms with Gasteiger partial charge in [0, 0.05) is 10.6 Å². The summed E-state index contributed by atoms with van der Waals surface area (Å²) in [5.74, 6) is 0. The van der Waals surface area contributed by atoms with E-state index in [9.17, 15) is 10.1 Å². The Balaban J connectivity index is 1.77. The zero-order chi connectivity index (χ0) is 21.5. The molecule has 6 nitrogen and oxygen atoms in total. The molecule has 0 aliphatic rings. The molecule has 0 aliphatic heterocycles. The number of aromatic amines is 1. The van der Waals surface area contributed by atoms with Crippen molar-refractivity contribution in [3.05, 3.63) is 69.5 Å². The summed E-state index contributed by atoms with van der Waals surface area (Å²) in [4.78, 5) is 26.3. The van der Waals surface area contributed by atoms with Gasteiger partial charge in [0.1, 0.15) is 16.7 Å². The summed E-state index contributed by atoms with van der Waals surface area (Å²) in [6.45, 7) is 0. The highest BCUT2D eigenvalue weighted by Crippen LogP contribution is 2.41. The van der Waals surface area contributed by atoms with Crippen molar-refractivity contribution >= 4 is 62.5 Å². The van der Waals surface area contributed by atoms with Gasteiger partial charge in [-0.15, -0.1) is 11.8 Å². The molecule has 1 N–H and O–H groups in total. The monoisotopic (exact) mass is 481 g/mol. The number of nitriles is 1. The van der Waals surface area contributed by atoms with E-state index >= 15 is 0 Å². The molecule has 5 aromatic rings. The number of para-hydroxylation sites is 2. The molecule has 152 valence electrons. The van der Waals surface area contributed by atoms with Crippen LogP contribution in [0.3, 0.4) is 0 Å². The third-order valence-electron chi connectivity index (χ3n) is 4.60. The average molecular weight is 482 g/mol. The number of thioether (sulfide) groups is 1. The highest BCUT2D eigenvalue weighted by atomic mass is 35.5. The third-order valence-corrected chi connectivity index (χ3v) is 7.63. The Kier molecular flexibility index (Phi) is 5.24. The van der Waals surface area contributed by atoms with Crippen LogP contribution in [0.2, 0.25) is 5.02 Å². The minimum Gasteiger partial charge on any atom is -0.333 e. The number of hydrogen-bond donors (Lipinski definition) is 1. The molecular formula is C21H12ClN5OS3. The number of benzene rings is 2. The second-order valence-corrected chi connectivity index (χ2v) is 9.90. The maximum Gasteiger partial charge on any atom is 0.278 e. The van der Waals surface area contributed by atoms with Crippen molar-refractivity contribution in [2.45, 2.75) is 14.4 Å². The molecule has 0 bridgehead atoms. The lowest BCUT2D eigenvalue weighted by Gasteiger charge is -2.06. The fraction of sp³-hybridized carbons (Fsp3) is 0.0476. The van der Waals surface area contributed by atoms with Gasteiger partial charge in [-0.1, -0.05) is 47.2 Å². The van der Waals surface area contributed by atoms with Gasteiger partial charge >= 0.3 is 0 Å². The van der Waals surface area contributed by atoms with E-state index in [4.69, 9.17) is 11.6 Å². The SMILES string of the molecule is CSc1nc2sc(Sc3nc4ccccc4[nH]3)c(-c3ccc(Cl)cc3)n2c(=O)c1C#N. The molecule has 0 fully saturated rings. The molecule has 5 rings (SSSR count). The summed E-state index contributed by atoms with van der Waals surface area (Å²) in [6.07, 6.45) is 1.80. The van der Waals surface area contributed by atoms with Gasteiger partial charge < -0.3 is 4.98 Å². The molecule has 0 atom stereocenters. The summed E-state index contributed by atoms with van der Waals surface area (Å²) >= 11 is 10.2. The lowest BCUT2D eigenvalue weighted by molar-refractivity contribution is 0.992. The van der Waals surface area contributed by atoms with Gasteiger partial charge in [-0.3, -0.25) is 4.79 Å². The first-order chi connectivity index (χ1) is 15.1. The van der Waals surface area contributed by atoms with Crippen molar-refractivity contribution in [2.24, 2.45) is 0 Å². The van der Waals surface area contributed by atoms with Crippen LogP contribution < -0.4 is 5.56 Å². The van der Waals surface area contributed by atoms with Gasteiger partial charge in [-0.25, -0.2) is 14.4 Å². The standard InChI is InChI=1S/C21H12ClN5OS3/c1-29-17-13(10-23)18(28)27-16(11-6-8-12(22)9-7-11)19(31-21(27)26-17)30-20-24-14-4-2-3-5-15(14)25-20/h2-9H,1H3,(H,24,25). The Morgan fingerprint density at radius 2 is 1.94 bits per heavy atom. The quantitative estimate of drug-likeness (QED) is 0.262. The number of nitrogens with one attached hydrogen (secondary N) is 1. The highest BCUT2D eigenvalue weighted by molar-refractivity contribution is 8.01. The van der Waals surface area contributed by atoms with E-state index in [-0.39, 0.29) is 11.1 Å². The first-order valence-corrected chi connectivity index (χ1v) is 12.2. The van der Waals surface area contributed by atoms with Crippen LogP contribution in [0.25, 0.3) is 27.3 Å². The minimum absolute atomic E-state index is 0.0401. The van der Waals surface area contributed by atoms with E-state index in [1.807, 2.05) is 42.5 Å². The number of thiazole rings is 1. The van der Waals surface area contributed by atoms with E-state index in [0.717, 1.165) is 20.8 Å². The van der Waals surface area contributed by atoms with Gasteiger partial charge in [-0.05, 0) is 42.3 Å². The lowest BCUT2D eigenvalue weighted by atomic mass is 10.2. The summed E-state index contributed by atoms with van der Waals surface area (Å²) in [5, 5.41) is 11.3. The first-order valence-electron chi connectivity index (χ1n) is 9.01. The topological polar surface area (TPSA) is 86.8 Å². The molecule has 3 aromatic heterocycles. The second kappa shape index (κ2) is 8.05.